The summed E-state index contributed by atoms with van der Waals surface area (Å²) in [6.45, 7) is 2.99. The van der Waals surface area contributed by atoms with Crippen molar-refractivity contribution in [1.29, 1.82) is 0 Å². The smallest absolute Gasteiger partial charge is 0.123 e. The predicted octanol–water partition coefficient (Wildman–Crippen LogP) is 3.49. The number of hydrogen-bond donors (Lipinski definition) is 0. The quantitative estimate of drug-likeness (QED) is 0.675. The fraction of sp³-hybridized carbons (Fsp3) is 0.250. The van der Waals surface area contributed by atoms with Crippen LogP contribution in [0.3, 0.4) is 0 Å². The van der Waals surface area contributed by atoms with Crippen LogP contribution in [0, 0.1) is 12.7 Å². The SMILES string of the molecule is Cc1cc(-c2cnn3c2CCC3)nc2ccc(F)cc12. The maximum absolute atomic E-state index is 13.3. The molecule has 1 aliphatic rings. The van der Waals surface area contributed by atoms with Gasteiger partial charge in [-0.25, -0.2) is 9.37 Å². The molecular formula is C16H14FN3. The maximum Gasteiger partial charge on any atom is 0.123 e. The van der Waals surface area contributed by atoms with Gasteiger partial charge >= 0.3 is 0 Å². The molecule has 0 aliphatic carbocycles. The normalized spacial score (nSPS) is 13.9. The third kappa shape index (κ3) is 1.64. The standard InChI is InChI=1S/C16H14FN3/c1-10-7-15(13-9-18-20-6-2-3-16(13)20)19-14-5-4-11(17)8-12(10)14/h4-5,7-9H,2-3,6H2,1H3. The lowest BCUT2D eigenvalue weighted by Gasteiger charge is -2.06. The highest BCUT2D eigenvalue weighted by molar-refractivity contribution is 5.85. The lowest BCUT2D eigenvalue weighted by atomic mass is 10.0. The van der Waals surface area contributed by atoms with E-state index < -0.39 is 0 Å². The third-order valence-corrected chi connectivity index (χ3v) is 3.99. The number of rotatable bonds is 1. The van der Waals surface area contributed by atoms with E-state index in [1.165, 1.54) is 11.8 Å². The highest BCUT2D eigenvalue weighted by atomic mass is 19.1. The summed E-state index contributed by atoms with van der Waals surface area (Å²) in [5.74, 6) is -0.221. The molecule has 3 nitrogen and oxygen atoms in total. The van der Waals surface area contributed by atoms with Crippen LogP contribution in [0.15, 0.2) is 30.5 Å². The number of fused-ring (bicyclic) bond motifs is 2. The summed E-state index contributed by atoms with van der Waals surface area (Å²) in [7, 11) is 0. The van der Waals surface area contributed by atoms with Gasteiger partial charge in [-0.2, -0.15) is 5.10 Å². The van der Waals surface area contributed by atoms with Crippen LogP contribution in [0.4, 0.5) is 4.39 Å². The average molecular weight is 267 g/mol. The minimum Gasteiger partial charge on any atom is -0.269 e. The van der Waals surface area contributed by atoms with Gasteiger partial charge in [0.2, 0.25) is 0 Å². The Hall–Kier alpha value is -2.23. The molecule has 100 valence electrons. The topological polar surface area (TPSA) is 30.7 Å². The van der Waals surface area contributed by atoms with Crippen LogP contribution in [0.2, 0.25) is 0 Å². The van der Waals surface area contributed by atoms with Crippen molar-refractivity contribution in [3.8, 4) is 11.3 Å². The molecule has 1 aromatic carbocycles. The van der Waals surface area contributed by atoms with Crippen molar-refractivity contribution in [3.05, 3.63) is 47.5 Å². The van der Waals surface area contributed by atoms with Crippen LogP contribution in [0.5, 0.6) is 0 Å². The van der Waals surface area contributed by atoms with E-state index in [2.05, 4.69) is 14.8 Å². The number of aryl methyl sites for hydroxylation is 2. The van der Waals surface area contributed by atoms with E-state index in [1.807, 2.05) is 19.2 Å². The number of aromatic nitrogens is 3. The molecule has 20 heavy (non-hydrogen) atoms. The molecule has 0 atom stereocenters. The van der Waals surface area contributed by atoms with E-state index in [4.69, 9.17) is 0 Å². The van der Waals surface area contributed by atoms with Crippen LogP contribution >= 0.6 is 0 Å². The second-order valence-electron chi connectivity index (χ2n) is 5.32. The zero-order valence-electron chi connectivity index (χ0n) is 11.2. The second-order valence-corrected chi connectivity index (χ2v) is 5.32. The average Bonchev–Trinajstić information content (AvgIpc) is 3.01. The lowest BCUT2D eigenvalue weighted by molar-refractivity contribution is 0.629. The molecule has 3 heterocycles. The minimum atomic E-state index is -0.221. The van der Waals surface area contributed by atoms with Crippen molar-refractivity contribution in [1.82, 2.24) is 14.8 Å². The Morgan fingerprint density at radius 1 is 1.25 bits per heavy atom. The molecule has 0 unspecified atom stereocenters. The van der Waals surface area contributed by atoms with Crippen LogP contribution < -0.4 is 0 Å². The molecule has 3 aromatic rings. The Morgan fingerprint density at radius 2 is 2.15 bits per heavy atom. The van der Waals surface area contributed by atoms with Crippen LogP contribution in [0.1, 0.15) is 17.7 Å². The second kappa shape index (κ2) is 4.13. The fourth-order valence-electron chi connectivity index (χ4n) is 2.98. The molecule has 0 fully saturated rings. The van der Waals surface area contributed by atoms with Gasteiger partial charge in [0.15, 0.2) is 0 Å². The van der Waals surface area contributed by atoms with Gasteiger partial charge in [0.05, 0.1) is 17.4 Å². The van der Waals surface area contributed by atoms with Crippen molar-refractivity contribution < 1.29 is 4.39 Å². The molecule has 2 aromatic heterocycles. The Kier molecular flexibility index (Phi) is 2.39. The number of benzene rings is 1. The van der Waals surface area contributed by atoms with E-state index in [1.54, 1.807) is 12.1 Å². The summed E-state index contributed by atoms with van der Waals surface area (Å²) in [6.07, 6.45) is 4.09. The Labute approximate surface area is 116 Å². The predicted molar refractivity (Wildman–Crippen MR) is 76.0 cm³/mol. The van der Waals surface area contributed by atoms with Gasteiger partial charge in [-0.3, -0.25) is 4.68 Å². The van der Waals surface area contributed by atoms with E-state index in [0.29, 0.717) is 0 Å². The summed E-state index contributed by atoms with van der Waals surface area (Å²) in [6, 6.07) is 6.77. The van der Waals surface area contributed by atoms with Crippen molar-refractivity contribution in [3.63, 3.8) is 0 Å². The molecule has 0 saturated carbocycles. The summed E-state index contributed by atoms with van der Waals surface area (Å²) in [5.41, 5.74) is 5.18. The summed E-state index contributed by atoms with van der Waals surface area (Å²) in [4.78, 5) is 4.68. The van der Waals surface area contributed by atoms with E-state index in [0.717, 1.165) is 47.1 Å². The Morgan fingerprint density at radius 3 is 3.05 bits per heavy atom. The zero-order chi connectivity index (χ0) is 13.7. The Balaban J connectivity index is 1.94. The largest absolute Gasteiger partial charge is 0.269 e. The highest BCUT2D eigenvalue weighted by Gasteiger charge is 2.18. The Bertz CT molecular complexity index is 820. The molecule has 4 heteroatoms. The zero-order valence-corrected chi connectivity index (χ0v) is 11.2. The van der Waals surface area contributed by atoms with Crippen LogP contribution in [-0.2, 0) is 13.0 Å². The van der Waals surface area contributed by atoms with Crippen molar-refractivity contribution in [2.24, 2.45) is 0 Å². The first-order valence-electron chi connectivity index (χ1n) is 6.84. The summed E-state index contributed by atoms with van der Waals surface area (Å²) in [5, 5.41) is 5.29. The fourth-order valence-corrected chi connectivity index (χ4v) is 2.98. The van der Waals surface area contributed by atoms with Gasteiger partial charge in [0, 0.05) is 23.2 Å². The molecule has 0 radical (unpaired) electrons. The monoisotopic (exact) mass is 267 g/mol. The molecule has 0 amide bonds. The molecule has 1 aliphatic heterocycles. The molecule has 0 saturated heterocycles. The maximum atomic E-state index is 13.3. The van der Waals surface area contributed by atoms with Gasteiger partial charge in [0.25, 0.3) is 0 Å². The van der Waals surface area contributed by atoms with Gasteiger partial charge in [-0.05, 0) is 49.6 Å². The summed E-state index contributed by atoms with van der Waals surface area (Å²) < 4.78 is 15.4. The number of pyridine rings is 1. The van der Waals surface area contributed by atoms with Gasteiger partial charge in [-0.15, -0.1) is 0 Å². The molecule has 0 spiro atoms. The third-order valence-electron chi connectivity index (χ3n) is 3.99. The number of nitrogens with zero attached hydrogens (tertiary/aromatic N) is 3. The first-order chi connectivity index (χ1) is 9.72. The molecule has 0 bridgehead atoms. The lowest BCUT2D eigenvalue weighted by Crippen LogP contribution is -1.94. The van der Waals surface area contributed by atoms with E-state index in [-0.39, 0.29) is 5.82 Å². The minimum absolute atomic E-state index is 0.221. The van der Waals surface area contributed by atoms with Crippen LogP contribution in [-0.4, -0.2) is 14.8 Å². The first-order valence-corrected chi connectivity index (χ1v) is 6.84. The summed E-state index contributed by atoms with van der Waals surface area (Å²) >= 11 is 0. The van der Waals surface area contributed by atoms with Crippen molar-refractivity contribution in [2.75, 3.05) is 0 Å². The van der Waals surface area contributed by atoms with Gasteiger partial charge in [0.1, 0.15) is 5.82 Å². The first kappa shape index (κ1) is 11.6. The van der Waals surface area contributed by atoms with Gasteiger partial charge in [-0.1, -0.05) is 0 Å². The molecule has 0 N–H and O–H groups in total. The van der Waals surface area contributed by atoms with Crippen LogP contribution in [0.25, 0.3) is 22.2 Å². The number of halogens is 1. The van der Waals surface area contributed by atoms with E-state index in [9.17, 15) is 4.39 Å². The van der Waals surface area contributed by atoms with Gasteiger partial charge < -0.3 is 0 Å². The van der Waals surface area contributed by atoms with Crippen molar-refractivity contribution in [2.45, 2.75) is 26.3 Å². The number of hydrogen-bond acceptors (Lipinski definition) is 2. The van der Waals surface area contributed by atoms with Crippen molar-refractivity contribution >= 4 is 10.9 Å². The molecular weight excluding hydrogens is 253 g/mol. The highest BCUT2D eigenvalue weighted by Crippen LogP contribution is 2.30. The molecule has 4 rings (SSSR count). The van der Waals surface area contributed by atoms with E-state index >= 15 is 0 Å².